The summed E-state index contributed by atoms with van der Waals surface area (Å²) in [6, 6.07) is 16.1. The minimum Gasteiger partial charge on any atom is -0.489 e. The van der Waals surface area contributed by atoms with E-state index in [1.807, 2.05) is 49.2 Å². The number of carbonyl (C=O) groups excluding carboxylic acids is 1. The first-order chi connectivity index (χ1) is 11.6. The number of benzene rings is 2. The van der Waals surface area contributed by atoms with Gasteiger partial charge in [0.25, 0.3) is 0 Å². The van der Waals surface area contributed by atoms with Crippen LogP contribution in [0.2, 0.25) is 0 Å². The third-order valence-corrected chi connectivity index (χ3v) is 3.66. The van der Waals surface area contributed by atoms with E-state index >= 15 is 0 Å². The Morgan fingerprint density at radius 3 is 2.54 bits per heavy atom. The van der Waals surface area contributed by atoms with Crippen LogP contribution in [-0.4, -0.2) is 37.6 Å². The van der Waals surface area contributed by atoms with Crippen molar-refractivity contribution in [2.45, 2.75) is 13.0 Å². The van der Waals surface area contributed by atoms with Crippen LogP contribution in [0.25, 0.3) is 0 Å². The highest BCUT2D eigenvalue weighted by Gasteiger charge is 2.11. The van der Waals surface area contributed by atoms with E-state index in [2.05, 4.69) is 5.32 Å². The van der Waals surface area contributed by atoms with Crippen LogP contribution >= 0.6 is 0 Å². The molecule has 0 aliphatic heterocycles. The fourth-order valence-electron chi connectivity index (χ4n) is 2.31. The lowest BCUT2D eigenvalue weighted by Gasteiger charge is -2.19. The molecule has 2 rings (SSSR count). The Hall–Kier alpha value is -2.40. The zero-order valence-corrected chi connectivity index (χ0v) is 14.0. The van der Waals surface area contributed by atoms with Crippen LogP contribution in [0.1, 0.15) is 18.5 Å². The van der Waals surface area contributed by atoms with E-state index in [9.17, 15) is 9.18 Å². The average Bonchev–Trinajstić information content (AvgIpc) is 2.57. The number of amides is 1. The van der Waals surface area contributed by atoms with E-state index in [0.29, 0.717) is 13.2 Å². The molecule has 2 aromatic carbocycles. The van der Waals surface area contributed by atoms with Gasteiger partial charge in [0.15, 0.2) is 11.6 Å². The van der Waals surface area contributed by atoms with Crippen LogP contribution in [0, 0.1) is 5.82 Å². The van der Waals surface area contributed by atoms with Gasteiger partial charge in [-0.1, -0.05) is 42.5 Å². The molecule has 0 radical (unpaired) electrons. The van der Waals surface area contributed by atoms with Crippen LogP contribution in [0.15, 0.2) is 54.6 Å². The van der Waals surface area contributed by atoms with Crippen molar-refractivity contribution >= 4 is 5.91 Å². The zero-order chi connectivity index (χ0) is 17.4. The predicted molar refractivity (Wildman–Crippen MR) is 92.4 cm³/mol. The van der Waals surface area contributed by atoms with Crippen molar-refractivity contribution in [3.05, 3.63) is 66.0 Å². The molecule has 1 N–H and O–H groups in total. The minimum atomic E-state index is -0.380. The minimum absolute atomic E-state index is 0.0400. The van der Waals surface area contributed by atoms with Crippen molar-refractivity contribution in [2.24, 2.45) is 0 Å². The van der Waals surface area contributed by atoms with Gasteiger partial charge in [-0.2, -0.15) is 0 Å². The Morgan fingerprint density at radius 1 is 1.17 bits per heavy atom. The second-order valence-corrected chi connectivity index (χ2v) is 5.72. The first-order valence-electron chi connectivity index (χ1n) is 7.96. The summed E-state index contributed by atoms with van der Waals surface area (Å²) in [4.78, 5) is 13.9. The van der Waals surface area contributed by atoms with Crippen LogP contribution in [-0.2, 0) is 4.79 Å². The summed E-state index contributed by atoms with van der Waals surface area (Å²) >= 11 is 0. The first-order valence-corrected chi connectivity index (χ1v) is 7.96. The molecular weight excluding hydrogens is 307 g/mol. The number of carbonyl (C=O) groups is 1. The smallest absolute Gasteiger partial charge is 0.234 e. The fraction of sp³-hybridized carbons (Fsp3) is 0.316. The second kappa shape index (κ2) is 9.03. The average molecular weight is 330 g/mol. The van der Waals surface area contributed by atoms with Gasteiger partial charge in [0.1, 0.15) is 6.61 Å². The van der Waals surface area contributed by atoms with Gasteiger partial charge in [0.05, 0.1) is 12.6 Å². The maximum absolute atomic E-state index is 13.4. The van der Waals surface area contributed by atoms with Crippen molar-refractivity contribution < 1.29 is 13.9 Å². The Labute approximate surface area is 142 Å². The maximum Gasteiger partial charge on any atom is 0.234 e. The van der Waals surface area contributed by atoms with Gasteiger partial charge < -0.3 is 10.1 Å². The standard InChI is InChI=1S/C19H23FN2O2/c1-15(16-8-4-3-5-9-16)21-19(23)14-22(2)12-13-24-18-11-7-6-10-17(18)20/h3-11,15H,12-14H2,1-2H3,(H,21,23). The van der Waals surface area contributed by atoms with Gasteiger partial charge in [0, 0.05) is 6.54 Å². The third-order valence-electron chi connectivity index (χ3n) is 3.66. The summed E-state index contributed by atoms with van der Waals surface area (Å²) in [7, 11) is 1.83. The summed E-state index contributed by atoms with van der Waals surface area (Å²) in [6.45, 7) is 3.06. The molecule has 4 nitrogen and oxygen atoms in total. The zero-order valence-electron chi connectivity index (χ0n) is 14.0. The topological polar surface area (TPSA) is 41.6 Å². The fourth-order valence-corrected chi connectivity index (χ4v) is 2.31. The highest BCUT2D eigenvalue weighted by Crippen LogP contribution is 2.15. The van der Waals surface area contributed by atoms with E-state index in [1.54, 1.807) is 18.2 Å². The van der Waals surface area contributed by atoms with Crippen LogP contribution in [0.3, 0.4) is 0 Å². The summed E-state index contributed by atoms with van der Waals surface area (Å²) < 4.78 is 18.8. The van der Waals surface area contributed by atoms with E-state index in [-0.39, 0.29) is 30.1 Å². The van der Waals surface area contributed by atoms with Gasteiger partial charge in [-0.15, -0.1) is 0 Å². The van der Waals surface area contributed by atoms with E-state index in [4.69, 9.17) is 4.74 Å². The van der Waals surface area contributed by atoms with Gasteiger partial charge in [-0.05, 0) is 31.7 Å². The number of nitrogens with zero attached hydrogens (tertiary/aromatic N) is 1. The molecule has 0 aliphatic carbocycles. The van der Waals surface area contributed by atoms with Gasteiger partial charge in [-0.25, -0.2) is 4.39 Å². The molecule has 0 saturated carbocycles. The van der Waals surface area contributed by atoms with Gasteiger partial charge >= 0.3 is 0 Å². The number of nitrogens with one attached hydrogen (secondary N) is 1. The van der Waals surface area contributed by atoms with Crippen molar-refractivity contribution in [2.75, 3.05) is 26.7 Å². The Balaban J connectivity index is 1.71. The number of para-hydroxylation sites is 1. The molecule has 0 spiro atoms. The molecule has 0 bridgehead atoms. The van der Waals surface area contributed by atoms with Crippen molar-refractivity contribution in [1.29, 1.82) is 0 Å². The quantitative estimate of drug-likeness (QED) is 0.809. The monoisotopic (exact) mass is 330 g/mol. The Bertz CT molecular complexity index is 649. The molecule has 1 atom stereocenters. The molecule has 0 heterocycles. The summed E-state index contributed by atoms with van der Waals surface area (Å²) in [6.07, 6.45) is 0. The predicted octanol–water partition coefficient (Wildman–Crippen LogP) is 3.01. The second-order valence-electron chi connectivity index (χ2n) is 5.72. The maximum atomic E-state index is 13.4. The number of rotatable bonds is 8. The third kappa shape index (κ3) is 5.66. The lowest BCUT2D eigenvalue weighted by molar-refractivity contribution is -0.122. The number of halogens is 1. The van der Waals surface area contributed by atoms with Crippen LogP contribution < -0.4 is 10.1 Å². The molecule has 0 aromatic heterocycles. The Morgan fingerprint density at radius 2 is 1.83 bits per heavy atom. The lowest BCUT2D eigenvalue weighted by atomic mass is 10.1. The molecule has 1 unspecified atom stereocenters. The van der Waals surface area contributed by atoms with Crippen molar-refractivity contribution in [3.8, 4) is 5.75 Å². The number of ether oxygens (including phenoxy) is 1. The highest BCUT2D eigenvalue weighted by atomic mass is 19.1. The number of hydrogen-bond donors (Lipinski definition) is 1. The molecular formula is C19H23FN2O2. The first kappa shape index (κ1) is 17.9. The number of likely N-dealkylation sites (N-methyl/N-ethyl adjacent to an activating group) is 1. The molecule has 24 heavy (non-hydrogen) atoms. The molecule has 128 valence electrons. The van der Waals surface area contributed by atoms with Crippen LogP contribution in [0.4, 0.5) is 4.39 Å². The normalized spacial score (nSPS) is 12.0. The van der Waals surface area contributed by atoms with E-state index in [0.717, 1.165) is 5.56 Å². The van der Waals surface area contributed by atoms with E-state index in [1.165, 1.54) is 6.07 Å². The van der Waals surface area contributed by atoms with Gasteiger partial charge in [0.2, 0.25) is 5.91 Å². The molecule has 0 aliphatic rings. The number of hydrogen-bond acceptors (Lipinski definition) is 3. The summed E-state index contributed by atoms with van der Waals surface area (Å²) in [5, 5.41) is 2.96. The molecule has 0 saturated heterocycles. The summed E-state index contributed by atoms with van der Waals surface area (Å²) in [5.41, 5.74) is 1.07. The van der Waals surface area contributed by atoms with E-state index < -0.39 is 0 Å². The van der Waals surface area contributed by atoms with Crippen LogP contribution in [0.5, 0.6) is 5.75 Å². The molecule has 2 aromatic rings. The Kier molecular flexibility index (Phi) is 6.75. The van der Waals surface area contributed by atoms with Gasteiger partial charge in [-0.3, -0.25) is 9.69 Å². The molecule has 1 amide bonds. The summed E-state index contributed by atoms with van der Waals surface area (Å²) in [5.74, 6) is -0.206. The largest absolute Gasteiger partial charge is 0.489 e. The van der Waals surface area contributed by atoms with Crippen molar-refractivity contribution in [3.63, 3.8) is 0 Å². The lowest BCUT2D eigenvalue weighted by Crippen LogP contribution is -2.38. The molecule has 5 heteroatoms. The van der Waals surface area contributed by atoms with Crippen molar-refractivity contribution in [1.82, 2.24) is 10.2 Å². The highest BCUT2D eigenvalue weighted by molar-refractivity contribution is 5.78. The SMILES string of the molecule is CC(NC(=O)CN(C)CCOc1ccccc1F)c1ccccc1. The molecule has 0 fully saturated rings.